The van der Waals surface area contributed by atoms with Gasteiger partial charge in [0, 0.05) is 19.1 Å². The summed E-state index contributed by atoms with van der Waals surface area (Å²) < 4.78 is -0.0704. The van der Waals surface area contributed by atoms with Crippen LogP contribution in [-0.2, 0) is 4.79 Å². The normalized spacial score (nSPS) is 20.8. The zero-order valence-electron chi connectivity index (χ0n) is 12.1. The molecule has 0 saturated carbocycles. The van der Waals surface area contributed by atoms with Crippen LogP contribution in [0.3, 0.4) is 0 Å². The van der Waals surface area contributed by atoms with Gasteiger partial charge in [-0.1, -0.05) is 19.1 Å². The van der Waals surface area contributed by atoms with Crippen molar-refractivity contribution in [2.24, 2.45) is 5.73 Å². The van der Waals surface area contributed by atoms with Crippen molar-refractivity contribution in [3.05, 3.63) is 0 Å². The van der Waals surface area contributed by atoms with E-state index in [2.05, 4.69) is 23.4 Å². The number of amides is 1. The Labute approximate surface area is 125 Å². The number of nitrogens with one attached hydrogen (secondary N) is 1. The molecule has 19 heavy (non-hydrogen) atoms. The van der Waals surface area contributed by atoms with Crippen molar-refractivity contribution >= 4 is 34.9 Å². The maximum absolute atomic E-state index is 11.8. The van der Waals surface area contributed by atoms with Gasteiger partial charge in [-0.05, 0) is 32.4 Å². The highest BCUT2D eigenvalue weighted by molar-refractivity contribution is 8.02. The average Bonchev–Trinajstić information content (AvgIpc) is 2.39. The molecule has 1 amide bonds. The van der Waals surface area contributed by atoms with Gasteiger partial charge in [-0.15, -0.1) is 0 Å². The van der Waals surface area contributed by atoms with Gasteiger partial charge in [0.05, 0.1) is 16.3 Å². The van der Waals surface area contributed by atoms with Crippen LogP contribution >= 0.6 is 24.0 Å². The van der Waals surface area contributed by atoms with Gasteiger partial charge in [0.2, 0.25) is 5.91 Å². The summed E-state index contributed by atoms with van der Waals surface area (Å²) in [6, 6.07) is 0.249. The molecule has 1 atom stereocenters. The fraction of sp³-hybridized carbons (Fsp3) is 0.846. The van der Waals surface area contributed by atoms with Gasteiger partial charge in [0.1, 0.15) is 0 Å². The first-order valence-corrected chi connectivity index (χ1v) is 8.43. The molecule has 1 rings (SSSR count). The third-order valence-electron chi connectivity index (χ3n) is 3.89. The molecule has 0 aliphatic carbocycles. The average molecular weight is 303 g/mol. The summed E-state index contributed by atoms with van der Waals surface area (Å²) in [5.74, 6) is 0.112. The fourth-order valence-electron chi connectivity index (χ4n) is 2.25. The largest absolute Gasteiger partial charge is 0.392 e. The van der Waals surface area contributed by atoms with Gasteiger partial charge in [0.25, 0.3) is 0 Å². The molecule has 110 valence electrons. The van der Waals surface area contributed by atoms with Crippen molar-refractivity contribution < 1.29 is 4.79 Å². The van der Waals surface area contributed by atoms with Crippen LogP contribution in [0, 0.1) is 0 Å². The van der Waals surface area contributed by atoms with Gasteiger partial charge in [-0.3, -0.25) is 9.69 Å². The van der Waals surface area contributed by atoms with E-state index in [9.17, 15) is 4.79 Å². The van der Waals surface area contributed by atoms with Crippen molar-refractivity contribution in [2.75, 3.05) is 25.9 Å². The predicted octanol–water partition coefficient (Wildman–Crippen LogP) is 1.38. The molecule has 0 aromatic rings. The zero-order valence-corrected chi connectivity index (χ0v) is 13.7. The maximum Gasteiger partial charge on any atom is 0.234 e. The van der Waals surface area contributed by atoms with Crippen LogP contribution in [0.4, 0.5) is 0 Å². The second kappa shape index (κ2) is 7.45. The van der Waals surface area contributed by atoms with Gasteiger partial charge >= 0.3 is 0 Å². The van der Waals surface area contributed by atoms with Gasteiger partial charge < -0.3 is 11.1 Å². The van der Waals surface area contributed by atoms with Crippen molar-refractivity contribution in [1.82, 2.24) is 10.2 Å². The Morgan fingerprint density at radius 3 is 2.53 bits per heavy atom. The molecule has 1 saturated heterocycles. The summed E-state index contributed by atoms with van der Waals surface area (Å²) in [5.41, 5.74) is 5.86. The number of hydrogen-bond donors (Lipinski definition) is 2. The quantitative estimate of drug-likeness (QED) is 0.726. The van der Waals surface area contributed by atoms with Crippen molar-refractivity contribution in [2.45, 2.75) is 43.9 Å². The Balaban J connectivity index is 2.42. The van der Waals surface area contributed by atoms with E-state index in [0.29, 0.717) is 11.5 Å². The van der Waals surface area contributed by atoms with E-state index in [-0.39, 0.29) is 16.7 Å². The number of nitrogens with zero attached hydrogens (tertiary/aromatic N) is 1. The molecule has 6 heteroatoms. The molecule has 0 bridgehead atoms. The first kappa shape index (κ1) is 16.7. The Bertz CT molecular complexity index is 328. The summed E-state index contributed by atoms with van der Waals surface area (Å²) >= 11 is 6.93. The zero-order chi connectivity index (χ0) is 14.5. The number of likely N-dealkylation sites (tertiary alicyclic amines) is 1. The molecule has 1 aliphatic rings. The SMILES string of the molecule is CCC(C)NC(=O)CN1CCC(SC)(C(N)=S)CC1. The maximum atomic E-state index is 11.8. The highest BCUT2D eigenvalue weighted by Crippen LogP contribution is 2.34. The van der Waals surface area contributed by atoms with Crippen LogP contribution in [-0.4, -0.2) is 52.5 Å². The number of thioether (sulfide) groups is 1. The summed E-state index contributed by atoms with van der Waals surface area (Å²) in [7, 11) is 0. The number of nitrogens with two attached hydrogens (primary N) is 1. The Morgan fingerprint density at radius 1 is 1.53 bits per heavy atom. The molecule has 1 fully saturated rings. The second-order valence-corrected chi connectivity index (χ2v) is 6.85. The number of carbonyl (C=O) groups excluding carboxylic acids is 1. The van der Waals surface area contributed by atoms with Crippen molar-refractivity contribution in [3.8, 4) is 0 Å². The molecule has 0 aromatic heterocycles. The summed E-state index contributed by atoms with van der Waals surface area (Å²) in [4.78, 5) is 14.6. The van der Waals surface area contributed by atoms with E-state index >= 15 is 0 Å². The lowest BCUT2D eigenvalue weighted by atomic mass is 9.95. The van der Waals surface area contributed by atoms with Gasteiger partial charge in [-0.25, -0.2) is 0 Å². The Hall–Kier alpha value is -0.330. The first-order chi connectivity index (χ1) is 8.93. The van der Waals surface area contributed by atoms with Crippen LogP contribution in [0.5, 0.6) is 0 Å². The van der Waals surface area contributed by atoms with E-state index in [1.165, 1.54) is 0 Å². The monoisotopic (exact) mass is 303 g/mol. The highest BCUT2D eigenvalue weighted by Gasteiger charge is 2.36. The van der Waals surface area contributed by atoms with E-state index in [0.717, 1.165) is 32.4 Å². The van der Waals surface area contributed by atoms with Crippen LogP contribution in [0.2, 0.25) is 0 Å². The van der Waals surface area contributed by atoms with Gasteiger partial charge in [-0.2, -0.15) is 11.8 Å². The summed E-state index contributed by atoms with van der Waals surface area (Å²) in [5, 5.41) is 3.00. The smallest absolute Gasteiger partial charge is 0.234 e. The lowest BCUT2D eigenvalue weighted by Crippen LogP contribution is -2.51. The summed E-state index contributed by atoms with van der Waals surface area (Å²) in [6.07, 6.45) is 4.88. The van der Waals surface area contributed by atoms with Crippen LogP contribution in [0.25, 0.3) is 0 Å². The molecular weight excluding hydrogens is 278 g/mol. The molecule has 1 unspecified atom stereocenters. The van der Waals surface area contributed by atoms with Crippen molar-refractivity contribution in [3.63, 3.8) is 0 Å². The van der Waals surface area contributed by atoms with Crippen LogP contribution < -0.4 is 11.1 Å². The minimum Gasteiger partial charge on any atom is -0.392 e. The summed E-state index contributed by atoms with van der Waals surface area (Å²) in [6.45, 7) is 6.34. The van der Waals surface area contributed by atoms with Crippen LogP contribution in [0.1, 0.15) is 33.1 Å². The minimum absolute atomic E-state index is 0.0704. The number of rotatable bonds is 6. The number of thiocarbonyl (C=S) groups is 1. The van der Waals surface area contributed by atoms with E-state index < -0.39 is 0 Å². The van der Waals surface area contributed by atoms with E-state index in [1.807, 2.05) is 6.92 Å². The van der Waals surface area contributed by atoms with E-state index in [1.54, 1.807) is 11.8 Å². The molecule has 3 N–H and O–H groups in total. The minimum atomic E-state index is -0.0704. The molecule has 1 heterocycles. The first-order valence-electron chi connectivity index (χ1n) is 6.80. The second-order valence-electron chi connectivity index (χ2n) is 5.22. The molecule has 0 spiro atoms. The molecule has 0 aromatic carbocycles. The lowest BCUT2D eigenvalue weighted by molar-refractivity contribution is -0.123. The standard InChI is InChI=1S/C13H25N3OS2/c1-4-10(2)15-11(17)9-16-7-5-13(19-3,6-8-16)12(14)18/h10H,4-9H2,1-3H3,(H2,14,18)(H,15,17). The number of carbonyl (C=O) groups is 1. The van der Waals surface area contributed by atoms with E-state index in [4.69, 9.17) is 18.0 Å². The number of piperidine rings is 1. The molecule has 0 radical (unpaired) electrons. The molecule has 1 aliphatic heterocycles. The van der Waals surface area contributed by atoms with Gasteiger partial charge in [0.15, 0.2) is 0 Å². The molecule has 4 nitrogen and oxygen atoms in total. The van der Waals surface area contributed by atoms with Crippen LogP contribution in [0.15, 0.2) is 0 Å². The molecular formula is C13H25N3OS2. The third-order valence-corrected chi connectivity index (χ3v) is 5.82. The fourth-order valence-corrected chi connectivity index (χ4v) is 3.50. The third kappa shape index (κ3) is 4.61. The lowest BCUT2D eigenvalue weighted by Gasteiger charge is -2.39. The Morgan fingerprint density at radius 2 is 2.11 bits per heavy atom. The Kier molecular flexibility index (Phi) is 6.56. The predicted molar refractivity (Wildman–Crippen MR) is 86.6 cm³/mol. The highest BCUT2D eigenvalue weighted by atomic mass is 32.2. The number of hydrogen-bond acceptors (Lipinski definition) is 4. The topological polar surface area (TPSA) is 58.4 Å². The van der Waals surface area contributed by atoms with Crippen molar-refractivity contribution in [1.29, 1.82) is 0 Å².